The Labute approximate surface area is 181 Å². The first kappa shape index (κ1) is 20.5. The average Bonchev–Trinajstić information content (AvgIpc) is 2.82. The molecule has 0 N–H and O–H groups in total. The standard InChI is InChI=1S/C27H27N2P/c1-22(26-18-11-12-20-28-26)29(2)21-23-13-9-10-19-27(23)30(24-14-5-3-6-15-24)25-16-7-4-8-17-25/h3-20,22H,21H2,1-2H3. The maximum Gasteiger partial charge on any atom is 0.0572 e. The van der Waals surface area contributed by atoms with Crippen molar-refractivity contribution in [1.82, 2.24) is 9.88 Å². The summed E-state index contributed by atoms with van der Waals surface area (Å²) in [4.78, 5) is 6.94. The Morgan fingerprint density at radius 2 is 1.30 bits per heavy atom. The third kappa shape index (κ3) is 4.67. The third-order valence-electron chi connectivity index (χ3n) is 5.46. The van der Waals surface area contributed by atoms with Gasteiger partial charge >= 0.3 is 0 Å². The fraction of sp³-hybridized carbons (Fsp3) is 0.148. The fourth-order valence-electron chi connectivity index (χ4n) is 3.70. The molecule has 2 nitrogen and oxygen atoms in total. The number of hydrogen-bond donors (Lipinski definition) is 0. The lowest BCUT2D eigenvalue weighted by molar-refractivity contribution is 0.249. The van der Waals surface area contributed by atoms with Crippen molar-refractivity contribution in [3.8, 4) is 0 Å². The van der Waals surface area contributed by atoms with Crippen molar-refractivity contribution in [2.45, 2.75) is 19.5 Å². The second kappa shape index (κ2) is 9.80. The van der Waals surface area contributed by atoms with Crippen LogP contribution < -0.4 is 15.9 Å². The summed E-state index contributed by atoms with van der Waals surface area (Å²) in [5.41, 5.74) is 2.48. The average molecular weight is 411 g/mol. The molecule has 0 radical (unpaired) electrons. The topological polar surface area (TPSA) is 16.1 Å². The highest BCUT2D eigenvalue weighted by atomic mass is 31.1. The van der Waals surface area contributed by atoms with E-state index in [1.807, 2.05) is 12.3 Å². The maximum absolute atomic E-state index is 4.56. The van der Waals surface area contributed by atoms with Gasteiger partial charge in [-0.15, -0.1) is 0 Å². The summed E-state index contributed by atoms with van der Waals surface area (Å²) in [6, 6.07) is 37.1. The predicted molar refractivity (Wildman–Crippen MR) is 129 cm³/mol. The number of benzene rings is 3. The zero-order chi connectivity index (χ0) is 20.8. The highest BCUT2D eigenvalue weighted by molar-refractivity contribution is 7.79. The number of nitrogens with zero attached hydrogens (tertiary/aromatic N) is 2. The molecule has 0 spiro atoms. The molecule has 0 saturated carbocycles. The van der Waals surface area contributed by atoms with Crippen LogP contribution in [0.25, 0.3) is 0 Å². The molecule has 1 atom stereocenters. The van der Waals surface area contributed by atoms with E-state index in [1.54, 1.807) is 0 Å². The number of pyridine rings is 1. The van der Waals surface area contributed by atoms with Gasteiger partial charge in [0.05, 0.1) is 5.69 Å². The molecule has 0 aliphatic rings. The molecule has 0 bridgehead atoms. The van der Waals surface area contributed by atoms with E-state index in [-0.39, 0.29) is 6.04 Å². The van der Waals surface area contributed by atoms with Gasteiger partial charge in [-0.1, -0.05) is 91.0 Å². The van der Waals surface area contributed by atoms with Gasteiger partial charge < -0.3 is 0 Å². The van der Waals surface area contributed by atoms with Crippen LogP contribution in [0.2, 0.25) is 0 Å². The van der Waals surface area contributed by atoms with E-state index < -0.39 is 7.92 Å². The van der Waals surface area contributed by atoms with Gasteiger partial charge in [0.2, 0.25) is 0 Å². The minimum Gasteiger partial charge on any atom is -0.294 e. The second-order valence-electron chi connectivity index (χ2n) is 7.48. The predicted octanol–water partition coefficient (Wildman–Crippen LogP) is 5.03. The molecule has 0 amide bonds. The van der Waals surface area contributed by atoms with Crippen molar-refractivity contribution in [3.05, 3.63) is 121 Å². The summed E-state index contributed by atoms with van der Waals surface area (Å²) in [5, 5.41) is 4.18. The van der Waals surface area contributed by atoms with Crippen LogP contribution >= 0.6 is 7.92 Å². The van der Waals surface area contributed by atoms with E-state index in [1.165, 1.54) is 21.5 Å². The van der Waals surface area contributed by atoms with E-state index in [0.717, 1.165) is 12.2 Å². The molecular formula is C27H27N2P. The van der Waals surface area contributed by atoms with Crippen LogP contribution in [-0.2, 0) is 6.54 Å². The van der Waals surface area contributed by atoms with Gasteiger partial charge in [-0.2, -0.15) is 0 Å². The Hall–Kier alpha value is -2.80. The molecule has 30 heavy (non-hydrogen) atoms. The highest BCUT2D eigenvalue weighted by Gasteiger charge is 2.21. The van der Waals surface area contributed by atoms with E-state index in [0.29, 0.717) is 0 Å². The monoisotopic (exact) mass is 410 g/mol. The van der Waals surface area contributed by atoms with Crippen LogP contribution in [0.4, 0.5) is 0 Å². The Balaban J connectivity index is 1.70. The summed E-state index contributed by atoms with van der Waals surface area (Å²) in [6.45, 7) is 3.11. The molecule has 4 rings (SSSR count). The maximum atomic E-state index is 4.56. The molecular weight excluding hydrogens is 383 g/mol. The summed E-state index contributed by atoms with van der Waals surface area (Å²) in [6.07, 6.45) is 1.87. The molecule has 0 saturated heterocycles. The van der Waals surface area contributed by atoms with Crippen LogP contribution in [0.15, 0.2) is 109 Å². The van der Waals surface area contributed by atoms with Crippen molar-refractivity contribution < 1.29 is 0 Å². The van der Waals surface area contributed by atoms with Crippen molar-refractivity contribution in [3.63, 3.8) is 0 Å². The van der Waals surface area contributed by atoms with E-state index >= 15 is 0 Å². The van der Waals surface area contributed by atoms with Gasteiger partial charge in [0.25, 0.3) is 0 Å². The number of aromatic nitrogens is 1. The van der Waals surface area contributed by atoms with Crippen molar-refractivity contribution in [2.24, 2.45) is 0 Å². The molecule has 3 heteroatoms. The van der Waals surface area contributed by atoms with Crippen LogP contribution in [0.3, 0.4) is 0 Å². The van der Waals surface area contributed by atoms with Crippen molar-refractivity contribution in [2.75, 3.05) is 7.05 Å². The third-order valence-corrected chi connectivity index (χ3v) is 8.01. The molecule has 1 heterocycles. The molecule has 0 fully saturated rings. The highest BCUT2D eigenvalue weighted by Crippen LogP contribution is 2.34. The van der Waals surface area contributed by atoms with E-state index in [2.05, 4.69) is 121 Å². The van der Waals surface area contributed by atoms with Crippen LogP contribution in [-0.4, -0.2) is 16.9 Å². The normalized spacial score (nSPS) is 12.3. The largest absolute Gasteiger partial charge is 0.294 e. The molecule has 1 unspecified atom stereocenters. The molecule has 4 aromatic rings. The molecule has 0 aliphatic heterocycles. The first-order chi connectivity index (χ1) is 14.7. The lowest BCUT2D eigenvalue weighted by atomic mass is 10.1. The Kier molecular flexibility index (Phi) is 6.69. The van der Waals surface area contributed by atoms with Crippen molar-refractivity contribution >= 4 is 23.8 Å². The van der Waals surface area contributed by atoms with E-state index in [4.69, 9.17) is 0 Å². The molecule has 1 aromatic heterocycles. The number of rotatable bonds is 7. The Morgan fingerprint density at radius 1 is 0.733 bits per heavy atom. The van der Waals surface area contributed by atoms with Gasteiger partial charge in [-0.3, -0.25) is 9.88 Å². The summed E-state index contributed by atoms with van der Waals surface area (Å²) < 4.78 is 0. The second-order valence-corrected chi connectivity index (χ2v) is 9.67. The summed E-state index contributed by atoms with van der Waals surface area (Å²) in [7, 11) is 1.57. The van der Waals surface area contributed by atoms with Crippen LogP contribution in [0.1, 0.15) is 24.2 Å². The van der Waals surface area contributed by atoms with Gasteiger partial charge in [0.15, 0.2) is 0 Å². The van der Waals surface area contributed by atoms with Crippen LogP contribution in [0.5, 0.6) is 0 Å². The molecule has 0 aliphatic carbocycles. The molecule has 150 valence electrons. The quantitative estimate of drug-likeness (QED) is 0.397. The first-order valence-corrected chi connectivity index (χ1v) is 11.7. The zero-order valence-corrected chi connectivity index (χ0v) is 18.4. The first-order valence-electron chi connectivity index (χ1n) is 10.3. The van der Waals surface area contributed by atoms with Gasteiger partial charge in [0.1, 0.15) is 0 Å². The summed E-state index contributed by atoms with van der Waals surface area (Å²) in [5.74, 6) is 0. The minimum atomic E-state index is -0.613. The van der Waals surface area contributed by atoms with Gasteiger partial charge in [0, 0.05) is 18.8 Å². The van der Waals surface area contributed by atoms with Crippen LogP contribution in [0, 0.1) is 0 Å². The minimum absolute atomic E-state index is 0.249. The zero-order valence-electron chi connectivity index (χ0n) is 17.5. The Morgan fingerprint density at radius 3 is 1.90 bits per heavy atom. The van der Waals surface area contributed by atoms with Gasteiger partial charge in [-0.05, 0) is 55.5 Å². The molecule has 3 aromatic carbocycles. The smallest absolute Gasteiger partial charge is 0.0572 e. The number of hydrogen-bond acceptors (Lipinski definition) is 2. The summed E-state index contributed by atoms with van der Waals surface area (Å²) >= 11 is 0. The van der Waals surface area contributed by atoms with E-state index in [9.17, 15) is 0 Å². The Bertz CT molecular complexity index is 1010. The lowest BCUT2D eigenvalue weighted by Gasteiger charge is -2.28. The lowest BCUT2D eigenvalue weighted by Crippen LogP contribution is -2.28. The SMILES string of the molecule is CC(c1ccccn1)N(C)Cc1ccccc1P(c1ccccc1)c1ccccc1. The van der Waals surface area contributed by atoms with Crippen molar-refractivity contribution in [1.29, 1.82) is 0 Å². The fourth-order valence-corrected chi connectivity index (χ4v) is 6.16. The van der Waals surface area contributed by atoms with Gasteiger partial charge in [-0.25, -0.2) is 0 Å².